The Kier molecular flexibility index (Phi) is 4.49. The number of hydrogen-bond donors (Lipinski definition) is 1. The zero-order valence-corrected chi connectivity index (χ0v) is 14.4. The van der Waals surface area contributed by atoms with Crippen LogP contribution in [0.3, 0.4) is 0 Å². The van der Waals surface area contributed by atoms with E-state index >= 15 is 0 Å². The Balaban J connectivity index is 1.80. The quantitative estimate of drug-likeness (QED) is 0.747. The molecule has 0 atom stereocenters. The van der Waals surface area contributed by atoms with Gasteiger partial charge in [0.05, 0.1) is 10.7 Å². The number of nitrogens with zero attached hydrogens (tertiary/aromatic N) is 4. The topological polar surface area (TPSA) is 64.7 Å². The molecule has 0 saturated heterocycles. The van der Waals surface area contributed by atoms with Crippen LogP contribution in [0.2, 0.25) is 5.02 Å². The fourth-order valence-electron chi connectivity index (χ4n) is 2.36. The van der Waals surface area contributed by atoms with Crippen molar-refractivity contribution >= 4 is 23.2 Å². The molecule has 3 aromatic rings. The van der Waals surface area contributed by atoms with Gasteiger partial charge >= 0.3 is 6.18 Å². The smallest absolute Gasteiger partial charge is 0.321 e. The van der Waals surface area contributed by atoms with Crippen LogP contribution in [0.4, 0.5) is 18.9 Å². The van der Waals surface area contributed by atoms with Gasteiger partial charge in [0.1, 0.15) is 0 Å². The molecule has 136 valence electrons. The van der Waals surface area contributed by atoms with Gasteiger partial charge in [0.15, 0.2) is 11.4 Å². The average molecular weight is 384 g/mol. The zero-order valence-electron chi connectivity index (χ0n) is 13.7. The van der Waals surface area contributed by atoms with E-state index in [2.05, 4.69) is 15.5 Å². The molecule has 2 heterocycles. The Morgan fingerprint density at radius 3 is 2.35 bits per heavy atom. The van der Waals surface area contributed by atoms with Gasteiger partial charge in [-0.25, -0.2) is 4.68 Å². The molecule has 1 amide bonds. The van der Waals surface area contributed by atoms with Gasteiger partial charge < -0.3 is 5.32 Å². The third kappa shape index (κ3) is 3.57. The highest BCUT2D eigenvalue weighted by molar-refractivity contribution is 6.34. The van der Waals surface area contributed by atoms with Crippen LogP contribution >= 0.6 is 11.6 Å². The summed E-state index contributed by atoms with van der Waals surface area (Å²) >= 11 is 5.92. The van der Waals surface area contributed by atoms with Crippen molar-refractivity contribution in [1.82, 2.24) is 19.6 Å². The minimum absolute atomic E-state index is 0.0796. The summed E-state index contributed by atoms with van der Waals surface area (Å²) in [4.78, 5) is 12.2. The zero-order chi connectivity index (χ0) is 19.1. The molecule has 0 saturated carbocycles. The van der Waals surface area contributed by atoms with Crippen molar-refractivity contribution in [2.45, 2.75) is 13.1 Å². The molecule has 0 radical (unpaired) electrons. The molecule has 0 aliphatic heterocycles. The number of aromatic nitrogens is 4. The van der Waals surface area contributed by atoms with Gasteiger partial charge in [-0.3, -0.25) is 9.48 Å². The average Bonchev–Trinajstić information content (AvgIpc) is 3.10. The van der Waals surface area contributed by atoms with Crippen LogP contribution in [-0.2, 0) is 13.2 Å². The first-order valence-corrected chi connectivity index (χ1v) is 7.78. The van der Waals surface area contributed by atoms with E-state index in [1.54, 1.807) is 31.3 Å². The third-order valence-corrected chi connectivity index (χ3v) is 3.82. The van der Waals surface area contributed by atoms with Crippen molar-refractivity contribution in [3.8, 4) is 5.69 Å². The monoisotopic (exact) mass is 383 g/mol. The Hall–Kier alpha value is -2.81. The molecule has 1 aromatic carbocycles. The number of benzene rings is 1. The Bertz CT molecular complexity index is 959. The summed E-state index contributed by atoms with van der Waals surface area (Å²) in [5, 5.41) is 10.4. The number of aryl methyl sites for hydroxylation is 2. The van der Waals surface area contributed by atoms with Crippen LogP contribution in [0, 0.1) is 6.92 Å². The third-order valence-electron chi connectivity index (χ3n) is 3.55. The van der Waals surface area contributed by atoms with Crippen LogP contribution in [0.15, 0.2) is 36.5 Å². The summed E-state index contributed by atoms with van der Waals surface area (Å²) < 4.78 is 40.9. The van der Waals surface area contributed by atoms with E-state index in [1.165, 1.54) is 22.5 Å². The van der Waals surface area contributed by atoms with Gasteiger partial charge in [-0.2, -0.15) is 23.4 Å². The number of hydrogen-bond acceptors (Lipinski definition) is 3. The Morgan fingerprint density at radius 1 is 1.19 bits per heavy atom. The lowest BCUT2D eigenvalue weighted by molar-refractivity contribution is -0.141. The lowest BCUT2D eigenvalue weighted by Crippen LogP contribution is -2.13. The summed E-state index contributed by atoms with van der Waals surface area (Å²) in [6.45, 7) is 1.53. The van der Waals surface area contributed by atoms with Crippen LogP contribution in [0.5, 0.6) is 0 Å². The van der Waals surface area contributed by atoms with E-state index in [0.717, 1.165) is 6.07 Å². The summed E-state index contributed by atoms with van der Waals surface area (Å²) in [7, 11) is 1.64. The molecule has 2 aromatic heterocycles. The lowest BCUT2D eigenvalue weighted by Gasteiger charge is -2.07. The number of amides is 1. The standard InChI is InChI=1S/C16H13ClF3N5O/c1-9-7-13(16(18,19)20)22-25(9)11-5-3-10(4-6-11)21-15(26)14-12(17)8-24(2)23-14/h3-8H,1-2H3,(H,21,26). The van der Waals surface area contributed by atoms with E-state index in [0.29, 0.717) is 17.1 Å². The second-order valence-corrected chi connectivity index (χ2v) is 5.99. The van der Waals surface area contributed by atoms with E-state index < -0.39 is 17.8 Å². The van der Waals surface area contributed by atoms with Crippen LogP contribution < -0.4 is 5.32 Å². The van der Waals surface area contributed by atoms with Gasteiger partial charge in [0.25, 0.3) is 5.91 Å². The maximum Gasteiger partial charge on any atom is 0.435 e. The molecule has 3 rings (SSSR count). The van der Waals surface area contributed by atoms with Crippen molar-refractivity contribution in [3.63, 3.8) is 0 Å². The molecular weight excluding hydrogens is 371 g/mol. The van der Waals surface area contributed by atoms with E-state index in [4.69, 9.17) is 11.6 Å². The summed E-state index contributed by atoms with van der Waals surface area (Å²) in [5.74, 6) is -0.488. The Labute approximate surface area is 151 Å². The van der Waals surface area contributed by atoms with Crippen molar-refractivity contribution in [3.05, 3.63) is 58.6 Å². The van der Waals surface area contributed by atoms with E-state index in [-0.39, 0.29) is 10.7 Å². The predicted octanol–water partition coefficient (Wildman–Crippen LogP) is 3.84. The van der Waals surface area contributed by atoms with Crippen molar-refractivity contribution in [2.75, 3.05) is 5.32 Å². The van der Waals surface area contributed by atoms with Crippen LogP contribution in [0.25, 0.3) is 5.69 Å². The molecule has 0 bridgehead atoms. The highest BCUT2D eigenvalue weighted by Crippen LogP contribution is 2.29. The second-order valence-electron chi connectivity index (χ2n) is 5.58. The fourth-order valence-corrected chi connectivity index (χ4v) is 2.63. The molecule has 26 heavy (non-hydrogen) atoms. The molecule has 0 aliphatic rings. The summed E-state index contributed by atoms with van der Waals surface area (Å²) in [6.07, 6.45) is -3.01. The lowest BCUT2D eigenvalue weighted by atomic mass is 10.2. The molecule has 0 aliphatic carbocycles. The highest BCUT2D eigenvalue weighted by Gasteiger charge is 2.34. The number of halogens is 4. The normalized spacial score (nSPS) is 11.6. The molecule has 1 N–H and O–H groups in total. The summed E-state index contributed by atoms with van der Waals surface area (Å²) in [5.41, 5.74) is 0.343. The number of nitrogens with one attached hydrogen (secondary N) is 1. The number of anilines is 1. The van der Waals surface area contributed by atoms with Crippen molar-refractivity contribution < 1.29 is 18.0 Å². The van der Waals surface area contributed by atoms with Gasteiger partial charge in [-0.15, -0.1) is 0 Å². The largest absolute Gasteiger partial charge is 0.435 e. The molecule has 0 spiro atoms. The SMILES string of the molecule is Cc1cc(C(F)(F)F)nn1-c1ccc(NC(=O)c2nn(C)cc2Cl)cc1. The highest BCUT2D eigenvalue weighted by atomic mass is 35.5. The van der Waals surface area contributed by atoms with Crippen molar-refractivity contribution in [1.29, 1.82) is 0 Å². The minimum atomic E-state index is -4.51. The molecular formula is C16H13ClF3N5O. The minimum Gasteiger partial charge on any atom is -0.321 e. The number of carbonyl (C=O) groups excluding carboxylic acids is 1. The number of carbonyl (C=O) groups is 1. The molecule has 6 nitrogen and oxygen atoms in total. The maximum atomic E-state index is 12.8. The Morgan fingerprint density at radius 2 is 1.85 bits per heavy atom. The number of rotatable bonds is 3. The first-order chi connectivity index (χ1) is 12.1. The van der Waals surface area contributed by atoms with Crippen LogP contribution in [-0.4, -0.2) is 25.5 Å². The maximum absolute atomic E-state index is 12.8. The summed E-state index contributed by atoms with van der Waals surface area (Å²) in [6, 6.07) is 7.18. The van der Waals surface area contributed by atoms with E-state index in [1.807, 2.05) is 0 Å². The van der Waals surface area contributed by atoms with E-state index in [9.17, 15) is 18.0 Å². The van der Waals surface area contributed by atoms with Gasteiger partial charge in [0, 0.05) is 24.6 Å². The molecule has 10 heteroatoms. The molecule has 0 fully saturated rings. The predicted molar refractivity (Wildman–Crippen MR) is 89.5 cm³/mol. The van der Waals surface area contributed by atoms with Gasteiger partial charge in [-0.1, -0.05) is 11.6 Å². The van der Waals surface area contributed by atoms with Crippen molar-refractivity contribution in [2.24, 2.45) is 7.05 Å². The molecule has 0 unspecified atom stereocenters. The van der Waals surface area contributed by atoms with Gasteiger partial charge in [0.2, 0.25) is 0 Å². The first-order valence-electron chi connectivity index (χ1n) is 7.40. The number of alkyl halides is 3. The first kappa shape index (κ1) is 18.0. The fraction of sp³-hybridized carbons (Fsp3) is 0.188. The second kappa shape index (κ2) is 6.49. The van der Waals surface area contributed by atoms with Crippen LogP contribution in [0.1, 0.15) is 21.9 Å². The van der Waals surface area contributed by atoms with Gasteiger partial charge in [-0.05, 0) is 37.3 Å².